The molecular formula is C12H21NO4. The molecule has 0 bridgehead atoms. The lowest BCUT2D eigenvalue weighted by atomic mass is 9.96. The molecule has 0 atom stereocenters. The second-order valence-electron chi connectivity index (χ2n) is 5.38. The van der Waals surface area contributed by atoms with Crippen LogP contribution in [-0.2, 0) is 14.3 Å². The van der Waals surface area contributed by atoms with Crippen LogP contribution in [0.4, 0.5) is 4.79 Å². The summed E-state index contributed by atoms with van der Waals surface area (Å²) >= 11 is 0. The minimum Gasteiger partial charge on any atom is -0.461 e. The van der Waals surface area contributed by atoms with Crippen LogP contribution in [0.15, 0.2) is 0 Å². The van der Waals surface area contributed by atoms with Crippen LogP contribution < -0.4 is 0 Å². The number of rotatable bonds is 3. The predicted octanol–water partition coefficient (Wildman–Crippen LogP) is 1.95. The van der Waals surface area contributed by atoms with Gasteiger partial charge >= 0.3 is 12.1 Å². The summed E-state index contributed by atoms with van der Waals surface area (Å²) in [4.78, 5) is 24.2. The molecule has 0 aliphatic heterocycles. The first-order valence-electron chi connectivity index (χ1n) is 5.91. The summed E-state index contributed by atoms with van der Waals surface area (Å²) in [6, 6.07) is 0. The van der Waals surface area contributed by atoms with Crippen LogP contribution in [-0.4, -0.2) is 42.3 Å². The molecule has 0 aromatic rings. The lowest BCUT2D eigenvalue weighted by Gasteiger charge is -2.27. The Hall–Kier alpha value is -1.26. The van der Waals surface area contributed by atoms with E-state index < -0.39 is 11.7 Å². The molecule has 0 heterocycles. The number of ether oxygens (including phenoxy) is 2. The van der Waals surface area contributed by atoms with Crippen molar-refractivity contribution in [3.63, 3.8) is 0 Å². The third-order valence-corrected chi connectivity index (χ3v) is 2.42. The summed E-state index contributed by atoms with van der Waals surface area (Å²) in [7, 11) is 1.52. The highest BCUT2D eigenvalue weighted by molar-refractivity contribution is 5.78. The Morgan fingerprint density at radius 2 is 1.88 bits per heavy atom. The van der Waals surface area contributed by atoms with Crippen LogP contribution in [0, 0.1) is 0 Å². The van der Waals surface area contributed by atoms with Crippen LogP contribution in [0.5, 0.6) is 0 Å². The normalized spacial score (nSPS) is 16.0. The van der Waals surface area contributed by atoms with Gasteiger partial charge in [0, 0.05) is 7.05 Å². The molecule has 17 heavy (non-hydrogen) atoms. The van der Waals surface area contributed by atoms with Crippen molar-refractivity contribution in [3.8, 4) is 0 Å². The summed E-state index contributed by atoms with van der Waals surface area (Å²) in [6.45, 7) is 5.29. The van der Waals surface area contributed by atoms with Crippen molar-refractivity contribution in [1.82, 2.24) is 4.90 Å². The second kappa shape index (κ2) is 5.38. The maximum Gasteiger partial charge on any atom is 0.410 e. The Bertz CT molecular complexity index is 291. The van der Waals surface area contributed by atoms with Gasteiger partial charge in [0.05, 0.1) is 0 Å². The van der Waals surface area contributed by atoms with Gasteiger partial charge in [-0.05, 0) is 40.0 Å². The third-order valence-electron chi connectivity index (χ3n) is 2.42. The van der Waals surface area contributed by atoms with Crippen LogP contribution in [0.3, 0.4) is 0 Å². The molecule has 0 aromatic carbocycles. The molecule has 1 amide bonds. The molecule has 5 heteroatoms. The van der Waals surface area contributed by atoms with E-state index in [9.17, 15) is 9.59 Å². The number of likely N-dealkylation sites (N-methyl/N-ethyl adjacent to an activating group) is 1. The minimum atomic E-state index is -0.552. The van der Waals surface area contributed by atoms with Crippen LogP contribution >= 0.6 is 0 Å². The fourth-order valence-corrected chi connectivity index (χ4v) is 1.31. The monoisotopic (exact) mass is 243 g/mol. The molecule has 5 nitrogen and oxygen atoms in total. The van der Waals surface area contributed by atoms with Crippen molar-refractivity contribution >= 4 is 12.1 Å². The van der Waals surface area contributed by atoms with E-state index in [1.54, 1.807) is 20.8 Å². The van der Waals surface area contributed by atoms with Gasteiger partial charge in [-0.1, -0.05) is 0 Å². The quantitative estimate of drug-likeness (QED) is 0.711. The molecule has 0 unspecified atom stereocenters. The number of amides is 1. The maximum absolute atomic E-state index is 11.6. The largest absolute Gasteiger partial charge is 0.461 e. The van der Waals surface area contributed by atoms with Gasteiger partial charge in [0.15, 0.2) is 0 Å². The standard InChI is InChI=1S/C12H21NO4/c1-12(2,3)17-11(15)13(4)8-10(14)16-9-6-5-7-9/h9H,5-8H2,1-4H3. The molecule has 1 saturated carbocycles. The van der Waals surface area contributed by atoms with Gasteiger partial charge in [-0.25, -0.2) is 4.79 Å². The van der Waals surface area contributed by atoms with Gasteiger partial charge in [0.2, 0.25) is 0 Å². The average molecular weight is 243 g/mol. The smallest absolute Gasteiger partial charge is 0.410 e. The van der Waals surface area contributed by atoms with E-state index in [1.807, 2.05) is 0 Å². The lowest BCUT2D eigenvalue weighted by Crippen LogP contribution is -2.39. The minimum absolute atomic E-state index is 0.0505. The van der Waals surface area contributed by atoms with Crippen LogP contribution in [0.1, 0.15) is 40.0 Å². The van der Waals surface area contributed by atoms with Crippen molar-refractivity contribution in [2.45, 2.75) is 51.7 Å². The summed E-state index contributed by atoms with van der Waals surface area (Å²) < 4.78 is 10.3. The Morgan fingerprint density at radius 1 is 1.29 bits per heavy atom. The van der Waals surface area contributed by atoms with Gasteiger partial charge in [0.25, 0.3) is 0 Å². The zero-order valence-electron chi connectivity index (χ0n) is 11.0. The molecule has 98 valence electrons. The van der Waals surface area contributed by atoms with E-state index in [4.69, 9.17) is 9.47 Å². The number of carbonyl (C=O) groups is 2. The number of nitrogens with zero attached hydrogens (tertiary/aromatic N) is 1. The molecule has 0 N–H and O–H groups in total. The summed E-state index contributed by atoms with van der Waals surface area (Å²) in [5.74, 6) is -0.372. The van der Waals surface area contributed by atoms with E-state index in [0.717, 1.165) is 19.3 Å². The molecule has 0 saturated heterocycles. The molecule has 1 aliphatic rings. The van der Waals surface area contributed by atoms with Gasteiger partial charge in [-0.3, -0.25) is 4.79 Å². The Balaban J connectivity index is 2.29. The number of esters is 1. The number of carbonyl (C=O) groups excluding carboxylic acids is 2. The SMILES string of the molecule is CN(CC(=O)OC1CCC1)C(=O)OC(C)(C)C. The van der Waals surface area contributed by atoms with Crippen molar-refractivity contribution in [1.29, 1.82) is 0 Å². The lowest BCUT2D eigenvalue weighted by molar-refractivity contribution is -0.153. The van der Waals surface area contributed by atoms with E-state index in [0.29, 0.717) is 0 Å². The molecule has 1 rings (SSSR count). The van der Waals surface area contributed by atoms with Crippen molar-refractivity contribution in [2.75, 3.05) is 13.6 Å². The van der Waals surface area contributed by atoms with Crippen LogP contribution in [0.25, 0.3) is 0 Å². The van der Waals surface area contributed by atoms with Gasteiger partial charge in [-0.2, -0.15) is 0 Å². The van der Waals surface area contributed by atoms with Crippen LogP contribution in [0.2, 0.25) is 0 Å². The predicted molar refractivity (Wildman–Crippen MR) is 62.6 cm³/mol. The third kappa shape index (κ3) is 5.06. The van der Waals surface area contributed by atoms with E-state index in [-0.39, 0.29) is 18.6 Å². The van der Waals surface area contributed by atoms with E-state index in [1.165, 1.54) is 11.9 Å². The number of hydrogen-bond acceptors (Lipinski definition) is 4. The molecule has 1 aliphatic carbocycles. The number of hydrogen-bond donors (Lipinski definition) is 0. The van der Waals surface area contributed by atoms with Crippen molar-refractivity contribution in [3.05, 3.63) is 0 Å². The Kier molecular flexibility index (Phi) is 4.37. The first-order chi connectivity index (χ1) is 7.78. The Morgan fingerprint density at radius 3 is 2.29 bits per heavy atom. The second-order valence-corrected chi connectivity index (χ2v) is 5.38. The highest BCUT2D eigenvalue weighted by Gasteiger charge is 2.25. The maximum atomic E-state index is 11.6. The molecule has 0 aromatic heterocycles. The molecular weight excluding hydrogens is 222 g/mol. The van der Waals surface area contributed by atoms with Gasteiger partial charge in [-0.15, -0.1) is 0 Å². The fraction of sp³-hybridized carbons (Fsp3) is 0.833. The van der Waals surface area contributed by atoms with Crippen molar-refractivity contribution < 1.29 is 19.1 Å². The zero-order chi connectivity index (χ0) is 13.1. The van der Waals surface area contributed by atoms with Gasteiger partial charge < -0.3 is 14.4 Å². The van der Waals surface area contributed by atoms with E-state index in [2.05, 4.69) is 0 Å². The van der Waals surface area contributed by atoms with Crippen molar-refractivity contribution in [2.24, 2.45) is 0 Å². The Labute approximate surface area is 102 Å². The highest BCUT2D eigenvalue weighted by atomic mass is 16.6. The summed E-state index contributed by atoms with van der Waals surface area (Å²) in [6.07, 6.45) is 2.52. The molecule has 0 spiro atoms. The first-order valence-corrected chi connectivity index (χ1v) is 5.91. The average Bonchev–Trinajstić information content (AvgIpc) is 2.08. The fourth-order valence-electron chi connectivity index (χ4n) is 1.31. The highest BCUT2D eigenvalue weighted by Crippen LogP contribution is 2.22. The summed E-state index contributed by atoms with van der Waals surface area (Å²) in [5, 5.41) is 0. The molecule has 0 radical (unpaired) electrons. The topological polar surface area (TPSA) is 55.8 Å². The van der Waals surface area contributed by atoms with E-state index >= 15 is 0 Å². The van der Waals surface area contributed by atoms with Gasteiger partial charge in [0.1, 0.15) is 18.2 Å². The molecule has 1 fully saturated rings. The first kappa shape index (κ1) is 13.8. The summed E-state index contributed by atoms with van der Waals surface area (Å²) in [5.41, 5.74) is -0.552. The zero-order valence-corrected chi connectivity index (χ0v) is 11.0.